The van der Waals surface area contributed by atoms with Gasteiger partial charge in [-0.2, -0.15) is 0 Å². The number of ether oxygens (including phenoxy) is 2. The zero-order chi connectivity index (χ0) is 16.9. The van der Waals surface area contributed by atoms with Crippen molar-refractivity contribution in [2.24, 2.45) is 0 Å². The lowest BCUT2D eigenvalue weighted by atomic mass is 10.1. The maximum absolute atomic E-state index is 12.4. The number of thiazole rings is 1. The molecule has 0 bridgehead atoms. The highest BCUT2D eigenvalue weighted by Crippen LogP contribution is 2.30. The van der Waals surface area contributed by atoms with Gasteiger partial charge in [-0.15, -0.1) is 11.3 Å². The quantitative estimate of drug-likeness (QED) is 0.654. The molecule has 0 fully saturated rings. The minimum Gasteiger partial charge on any atom is -0.496 e. The van der Waals surface area contributed by atoms with Crippen molar-refractivity contribution in [3.05, 3.63) is 64.7 Å². The Morgan fingerprint density at radius 3 is 2.71 bits per heavy atom. The summed E-state index contributed by atoms with van der Waals surface area (Å²) in [6, 6.07) is 10.8. The molecule has 0 radical (unpaired) electrons. The van der Waals surface area contributed by atoms with Crippen LogP contribution in [0, 0.1) is 0 Å². The summed E-state index contributed by atoms with van der Waals surface area (Å²) in [7, 11) is 1.59. The summed E-state index contributed by atoms with van der Waals surface area (Å²) in [5.41, 5.74) is 1.92. The SMILES string of the molecule is COc1ccc(C(=O)O[C@H](C)c2nccs2)cc1-c1ccccn1. The normalized spacial score (nSPS) is 11.8. The van der Waals surface area contributed by atoms with E-state index in [1.165, 1.54) is 11.3 Å². The molecule has 0 spiro atoms. The first kappa shape index (κ1) is 16.1. The molecule has 0 saturated heterocycles. The van der Waals surface area contributed by atoms with Crippen LogP contribution in [0.3, 0.4) is 0 Å². The highest BCUT2D eigenvalue weighted by molar-refractivity contribution is 7.09. The molecule has 0 N–H and O–H groups in total. The van der Waals surface area contributed by atoms with Crippen molar-refractivity contribution in [2.75, 3.05) is 7.11 Å². The van der Waals surface area contributed by atoms with E-state index in [2.05, 4.69) is 9.97 Å². The third kappa shape index (κ3) is 3.44. The van der Waals surface area contributed by atoms with Gasteiger partial charge in [0.1, 0.15) is 10.8 Å². The lowest BCUT2D eigenvalue weighted by molar-refractivity contribution is 0.0337. The Morgan fingerprint density at radius 1 is 1.17 bits per heavy atom. The molecule has 0 unspecified atom stereocenters. The van der Waals surface area contributed by atoms with E-state index < -0.39 is 12.1 Å². The van der Waals surface area contributed by atoms with Crippen molar-refractivity contribution in [1.82, 2.24) is 9.97 Å². The van der Waals surface area contributed by atoms with Crippen LogP contribution < -0.4 is 4.74 Å². The summed E-state index contributed by atoms with van der Waals surface area (Å²) < 4.78 is 10.9. The van der Waals surface area contributed by atoms with Gasteiger partial charge in [0, 0.05) is 23.3 Å². The first-order valence-corrected chi connectivity index (χ1v) is 8.27. The van der Waals surface area contributed by atoms with Crippen LogP contribution in [0.15, 0.2) is 54.2 Å². The van der Waals surface area contributed by atoms with E-state index in [1.807, 2.05) is 23.6 Å². The van der Waals surface area contributed by atoms with Gasteiger partial charge in [-0.25, -0.2) is 9.78 Å². The Bertz CT molecular complexity index is 820. The van der Waals surface area contributed by atoms with E-state index in [1.54, 1.807) is 44.6 Å². The third-order valence-corrected chi connectivity index (χ3v) is 4.40. The fourth-order valence-corrected chi connectivity index (χ4v) is 2.89. The molecule has 0 saturated carbocycles. The molecular weight excluding hydrogens is 324 g/mol. The van der Waals surface area contributed by atoms with E-state index >= 15 is 0 Å². The molecule has 1 aromatic carbocycles. The Balaban J connectivity index is 1.87. The zero-order valence-electron chi connectivity index (χ0n) is 13.3. The van der Waals surface area contributed by atoms with Crippen LogP contribution in [-0.2, 0) is 4.74 Å². The molecule has 2 aromatic heterocycles. The lowest BCUT2D eigenvalue weighted by Gasteiger charge is -2.13. The fourth-order valence-electron chi connectivity index (χ4n) is 2.27. The van der Waals surface area contributed by atoms with Gasteiger partial charge >= 0.3 is 5.97 Å². The molecule has 0 aliphatic rings. The maximum Gasteiger partial charge on any atom is 0.338 e. The number of hydrogen-bond acceptors (Lipinski definition) is 6. The van der Waals surface area contributed by atoms with Gasteiger partial charge in [0.2, 0.25) is 0 Å². The number of nitrogens with zero attached hydrogens (tertiary/aromatic N) is 2. The van der Waals surface area contributed by atoms with E-state index in [9.17, 15) is 4.79 Å². The molecule has 24 heavy (non-hydrogen) atoms. The molecule has 5 nitrogen and oxygen atoms in total. The van der Waals surface area contributed by atoms with Gasteiger partial charge < -0.3 is 9.47 Å². The van der Waals surface area contributed by atoms with Gasteiger partial charge in [-0.05, 0) is 37.3 Å². The maximum atomic E-state index is 12.4. The Hall–Kier alpha value is -2.73. The first-order valence-electron chi connectivity index (χ1n) is 7.39. The first-order chi connectivity index (χ1) is 11.7. The second-order valence-corrected chi connectivity index (χ2v) is 5.97. The Kier molecular flexibility index (Phi) is 4.86. The highest BCUT2D eigenvalue weighted by Gasteiger charge is 2.18. The van der Waals surface area contributed by atoms with Gasteiger partial charge in [-0.3, -0.25) is 4.98 Å². The number of esters is 1. The summed E-state index contributed by atoms with van der Waals surface area (Å²) >= 11 is 1.46. The molecule has 0 aliphatic carbocycles. The molecular formula is C18H16N2O3S. The van der Waals surface area contributed by atoms with E-state index in [0.29, 0.717) is 11.3 Å². The summed E-state index contributed by atoms with van der Waals surface area (Å²) in [5, 5.41) is 2.62. The van der Waals surface area contributed by atoms with Crippen LogP contribution >= 0.6 is 11.3 Å². The van der Waals surface area contributed by atoms with Gasteiger partial charge in [0.25, 0.3) is 0 Å². The van der Waals surface area contributed by atoms with Gasteiger partial charge in [-0.1, -0.05) is 6.07 Å². The van der Waals surface area contributed by atoms with Crippen molar-refractivity contribution in [3.8, 4) is 17.0 Å². The standard InChI is InChI=1S/C18H16N2O3S/c1-12(17-20-9-10-24-17)23-18(21)13-6-7-16(22-2)14(11-13)15-5-3-4-8-19-15/h3-12H,1-2H3/t12-/m1/s1. The largest absolute Gasteiger partial charge is 0.496 e. The predicted octanol–water partition coefficient (Wildman–Crippen LogP) is 4.13. The van der Waals surface area contributed by atoms with Crippen LogP contribution in [0.4, 0.5) is 0 Å². The van der Waals surface area contributed by atoms with Crippen molar-refractivity contribution in [2.45, 2.75) is 13.0 Å². The second-order valence-electron chi connectivity index (χ2n) is 5.05. The van der Waals surface area contributed by atoms with E-state index in [-0.39, 0.29) is 0 Å². The van der Waals surface area contributed by atoms with Crippen LogP contribution in [0.25, 0.3) is 11.3 Å². The van der Waals surface area contributed by atoms with Crippen molar-refractivity contribution < 1.29 is 14.3 Å². The molecule has 0 amide bonds. The second kappa shape index (κ2) is 7.23. The third-order valence-electron chi connectivity index (χ3n) is 3.46. The topological polar surface area (TPSA) is 61.3 Å². The van der Waals surface area contributed by atoms with Crippen LogP contribution in [-0.4, -0.2) is 23.0 Å². The molecule has 6 heteroatoms. The number of methoxy groups -OCH3 is 1. The van der Waals surface area contributed by atoms with Crippen LogP contribution in [0.5, 0.6) is 5.75 Å². The summed E-state index contributed by atoms with van der Waals surface area (Å²) in [6.45, 7) is 1.81. The monoisotopic (exact) mass is 340 g/mol. The summed E-state index contributed by atoms with van der Waals surface area (Å²) in [5.74, 6) is 0.246. The van der Waals surface area contributed by atoms with Gasteiger partial charge in [0.05, 0.1) is 18.4 Å². The number of carbonyl (C=O) groups is 1. The smallest absolute Gasteiger partial charge is 0.338 e. The van der Waals surface area contributed by atoms with E-state index in [0.717, 1.165) is 16.3 Å². The molecule has 3 aromatic rings. The Labute approximate surface area is 143 Å². The molecule has 2 heterocycles. The van der Waals surface area contributed by atoms with Crippen molar-refractivity contribution in [3.63, 3.8) is 0 Å². The lowest BCUT2D eigenvalue weighted by Crippen LogP contribution is -2.09. The number of aromatic nitrogens is 2. The summed E-state index contributed by atoms with van der Waals surface area (Å²) in [4.78, 5) is 20.9. The summed E-state index contributed by atoms with van der Waals surface area (Å²) in [6.07, 6.45) is 3.00. The zero-order valence-corrected chi connectivity index (χ0v) is 14.1. The number of pyridine rings is 1. The minimum absolute atomic E-state index is 0.391. The van der Waals surface area contributed by atoms with Crippen LogP contribution in [0.2, 0.25) is 0 Å². The number of rotatable bonds is 5. The number of benzene rings is 1. The molecule has 3 rings (SSSR count). The van der Waals surface area contributed by atoms with Gasteiger partial charge in [0.15, 0.2) is 6.10 Å². The molecule has 1 atom stereocenters. The van der Waals surface area contributed by atoms with Crippen molar-refractivity contribution >= 4 is 17.3 Å². The minimum atomic E-state index is -0.405. The van der Waals surface area contributed by atoms with Crippen LogP contribution in [0.1, 0.15) is 28.4 Å². The average molecular weight is 340 g/mol. The van der Waals surface area contributed by atoms with E-state index in [4.69, 9.17) is 9.47 Å². The average Bonchev–Trinajstić information content (AvgIpc) is 3.16. The molecule has 122 valence electrons. The number of carbonyl (C=O) groups excluding carboxylic acids is 1. The predicted molar refractivity (Wildman–Crippen MR) is 92.2 cm³/mol. The fraction of sp³-hybridized carbons (Fsp3) is 0.167. The number of hydrogen-bond donors (Lipinski definition) is 0. The Morgan fingerprint density at radius 2 is 2.04 bits per heavy atom. The highest BCUT2D eigenvalue weighted by atomic mass is 32.1. The molecule has 0 aliphatic heterocycles. The van der Waals surface area contributed by atoms with Crippen molar-refractivity contribution in [1.29, 1.82) is 0 Å².